The maximum atomic E-state index is 11.8. The van der Waals surface area contributed by atoms with Gasteiger partial charge in [-0.25, -0.2) is 0 Å². The Morgan fingerprint density at radius 2 is 2.04 bits per heavy atom. The second-order valence-corrected chi connectivity index (χ2v) is 5.44. The Morgan fingerprint density at radius 1 is 1.30 bits per heavy atom. The van der Waals surface area contributed by atoms with E-state index in [9.17, 15) is 4.79 Å². The number of rotatable bonds is 8. The molecule has 1 aromatic carbocycles. The van der Waals surface area contributed by atoms with Gasteiger partial charge < -0.3 is 15.4 Å². The predicted octanol–water partition coefficient (Wildman–Crippen LogP) is 1.46. The van der Waals surface area contributed by atoms with Gasteiger partial charge in [-0.2, -0.15) is 0 Å². The summed E-state index contributed by atoms with van der Waals surface area (Å²) < 4.78 is 4.93. The first-order chi connectivity index (χ1) is 10.3. The predicted molar refractivity (Wildman–Crippen MR) is 97.5 cm³/mol. The highest BCUT2D eigenvalue weighted by molar-refractivity contribution is 5.85. The van der Waals surface area contributed by atoms with Gasteiger partial charge in [-0.05, 0) is 12.0 Å². The molecule has 1 aliphatic rings. The van der Waals surface area contributed by atoms with Crippen LogP contribution in [0.2, 0.25) is 0 Å². The van der Waals surface area contributed by atoms with Gasteiger partial charge >= 0.3 is 0 Å². The van der Waals surface area contributed by atoms with Crippen LogP contribution in [0.25, 0.3) is 0 Å². The molecule has 1 aromatic rings. The van der Waals surface area contributed by atoms with Crippen LogP contribution in [0.1, 0.15) is 12.0 Å². The number of halogens is 2. The third-order valence-electron chi connectivity index (χ3n) is 3.66. The lowest BCUT2D eigenvalue weighted by atomic mass is 10.2. The van der Waals surface area contributed by atoms with E-state index in [0.29, 0.717) is 19.7 Å². The lowest BCUT2D eigenvalue weighted by Gasteiger charge is -2.17. The van der Waals surface area contributed by atoms with E-state index in [4.69, 9.17) is 4.74 Å². The maximum absolute atomic E-state index is 11.8. The molecule has 5 nitrogen and oxygen atoms in total. The molecule has 132 valence electrons. The maximum Gasteiger partial charge on any atom is 0.234 e. The zero-order chi connectivity index (χ0) is 14.9. The van der Waals surface area contributed by atoms with E-state index < -0.39 is 0 Å². The zero-order valence-corrected chi connectivity index (χ0v) is 15.1. The summed E-state index contributed by atoms with van der Waals surface area (Å²) in [5.41, 5.74) is 1.32. The summed E-state index contributed by atoms with van der Waals surface area (Å²) in [7, 11) is 1.65. The van der Waals surface area contributed by atoms with Crippen LogP contribution in [0, 0.1) is 0 Å². The van der Waals surface area contributed by atoms with Crippen LogP contribution in [0.5, 0.6) is 0 Å². The molecule has 23 heavy (non-hydrogen) atoms. The first-order valence-corrected chi connectivity index (χ1v) is 7.53. The summed E-state index contributed by atoms with van der Waals surface area (Å²) in [5.74, 6) is 0.0673. The van der Waals surface area contributed by atoms with Gasteiger partial charge in [0, 0.05) is 39.3 Å². The molecule has 1 fully saturated rings. The van der Waals surface area contributed by atoms with Gasteiger partial charge in [0.25, 0.3) is 0 Å². The molecule has 2 N–H and O–H groups in total. The van der Waals surface area contributed by atoms with Gasteiger partial charge in [0.1, 0.15) is 0 Å². The SMILES string of the molecule is COCCNCC(=O)NC1CCN(Cc2ccccc2)C1.Cl.Cl. The molecule has 0 aromatic heterocycles. The molecule has 1 saturated heterocycles. The van der Waals surface area contributed by atoms with Gasteiger partial charge in [0.05, 0.1) is 13.2 Å². The van der Waals surface area contributed by atoms with E-state index in [0.717, 1.165) is 26.1 Å². The molecular weight excluding hydrogens is 337 g/mol. The summed E-state index contributed by atoms with van der Waals surface area (Å²) in [6.07, 6.45) is 1.02. The van der Waals surface area contributed by atoms with Gasteiger partial charge in [0.15, 0.2) is 0 Å². The van der Waals surface area contributed by atoms with Crippen LogP contribution >= 0.6 is 24.8 Å². The first kappa shape index (κ1) is 22.1. The van der Waals surface area contributed by atoms with Gasteiger partial charge in [0.2, 0.25) is 5.91 Å². The van der Waals surface area contributed by atoms with Crippen LogP contribution in [-0.4, -0.2) is 56.7 Å². The van der Waals surface area contributed by atoms with Crippen molar-refractivity contribution in [3.05, 3.63) is 35.9 Å². The molecule has 1 aliphatic heterocycles. The number of hydrogen-bond acceptors (Lipinski definition) is 4. The van der Waals surface area contributed by atoms with Crippen molar-refractivity contribution in [2.75, 3.05) is 39.9 Å². The van der Waals surface area contributed by atoms with Crippen molar-refractivity contribution in [3.63, 3.8) is 0 Å². The molecule has 2 rings (SSSR count). The Bertz CT molecular complexity index is 435. The second-order valence-electron chi connectivity index (χ2n) is 5.44. The zero-order valence-electron chi connectivity index (χ0n) is 13.5. The number of hydrogen-bond donors (Lipinski definition) is 2. The van der Waals surface area contributed by atoms with Crippen LogP contribution in [0.3, 0.4) is 0 Å². The second kappa shape index (κ2) is 12.6. The van der Waals surface area contributed by atoms with Crippen molar-refractivity contribution < 1.29 is 9.53 Å². The number of nitrogens with one attached hydrogen (secondary N) is 2. The highest BCUT2D eigenvalue weighted by atomic mass is 35.5. The van der Waals surface area contributed by atoms with E-state index in [1.165, 1.54) is 5.56 Å². The van der Waals surface area contributed by atoms with Crippen LogP contribution in [0.4, 0.5) is 0 Å². The van der Waals surface area contributed by atoms with E-state index in [-0.39, 0.29) is 36.8 Å². The van der Waals surface area contributed by atoms with Crippen molar-refractivity contribution in [1.82, 2.24) is 15.5 Å². The number of methoxy groups -OCH3 is 1. The molecule has 0 radical (unpaired) electrons. The standard InChI is InChI=1S/C16H25N3O2.2ClH/c1-21-10-8-17-11-16(20)18-15-7-9-19(13-15)12-14-5-3-2-4-6-14;;/h2-6,15,17H,7-13H2,1H3,(H,18,20);2*1H. The van der Waals surface area contributed by atoms with Crippen molar-refractivity contribution in [3.8, 4) is 0 Å². The van der Waals surface area contributed by atoms with Crippen LogP contribution in [-0.2, 0) is 16.1 Å². The van der Waals surface area contributed by atoms with Crippen LogP contribution in [0.15, 0.2) is 30.3 Å². The lowest BCUT2D eigenvalue weighted by molar-refractivity contribution is -0.120. The lowest BCUT2D eigenvalue weighted by Crippen LogP contribution is -2.42. The van der Waals surface area contributed by atoms with Crippen molar-refractivity contribution in [2.24, 2.45) is 0 Å². The molecular formula is C16H27Cl2N3O2. The normalized spacial score (nSPS) is 17.2. The Kier molecular flexibility index (Phi) is 12.1. The largest absolute Gasteiger partial charge is 0.383 e. The van der Waals surface area contributed by atoms with Crippen molar-refractivity contribution in [1.29, 1.82) is 0 Å². The minimum atomic E-state index is 0. The quantitative estimate of drug-likeness (QED) is 0.686. The third-order valence-corrected chi connectivity index (χ3v) is 3.66. The Hall–Kier alpha value is -0.850. The summed E-state index contributed by atoms with van der Waals surface area (Å²) >= 11 is 0. The van der Waals surface area contributed by atoms with Crippen molar-refractivity contribution in [2.45, 2.75) is 19.0 Å². The van der Waals surface area contributed by atoms with E-state index in [1.54, 1.807) is 7.11 Å². The minimum Gasteiger partial charge on any atom is -0.383 e. The van der Waals surface area contributed by atoms with Gasteiger partial charge in [-0.15, -0.1) is 24.8 Å². The highest BCUT2D eigenvalue weighted by Gasteiger charge is 2.23. The Morgan fingerprint density at radius 3 is 2.74 bits per heavy atom. The molecule has 0 aliphatic carbocycles. The number of likely N-dealkylation sites (tertiary alicyclic amines) is 1. The fourth-order valence-corrected chi connectivity index (χ4v) is 2.59. The Labute approximate surface area is 151 Å². The number of ether oxygens (including phenoxy) is 1. The smallest absolute Gasteiger partial charge is 0.234 e. The van der Waals surface area contributed by atoms with Gasteiger partial charge in [-0.3, -0.25) is 9.69 Å². The fourth-order valence-electron chi connectivity index (χ4n) is 2.59. The Balaban J connectivity index is 0.00000242. The number of nitrogens with zero attached hydrogens (tertiary/aromatic N) is 1. The molecule has 0 bridgehead atoms. The average Bonchev–Trinajstić information content (AvgIpc) is 2.92. The van der Waals surface area contributed by atoms with E-state index in [1.807, 2.05) is 6.07 Å². The van der Waals surface area contributed by atoms with Crippen molar-refractivity contribution >= 4 is 30.7 Å². The molecule has 0 spiro atoms. The minimum absolute atomic E-state index is 0. The highest BCUT2D eigenvalue weighted by Crippen LogP contribution is 2.13. The number of benzene rings is 1. The number of amides is 1. The summed E-state index contributed by atoms with van der Waals surface area (Å²) in [5, 5.41) is 6.15. The van der Waals surface area contributed by atoms with E-state index >= 15 is 0 Å². The third kappa shape index (κ3) is 8.53. The molecule has 1 heterocycles. The summed E-state index contributed by atoms with van der Waals surface area (Å²) in [6.45, 7) is 4.61. The summed E-state index contributed by atoms with van der Waals surface area (Å²) in [4.78, 5) is 14.2. The molecule has 0 saturated carbocycles. The number of carbonyl (C=O) groups is 1. The monoisotopic (exact) mass is 363 g/mol. The fraction of sp³-hybridized carbons (Fsp3) is 0.562. The van der Waals surface area contributed by atoms with Crippen LogP contribution < -0.4 is 10.6 Å². The molecule has 1 unspecified atom stereocenters. The summed E-state index contributed by atoms with van der Waals surface area (Å²) in [6, 6.07) is 10.7. The first-order valence-electron chi connectivity index (χ1n) is 7.53. The average molecular weight is 364 g/mol. The van der Waals surface area contributed by atoms with Gasteiger partial charge in [-0.1, -0.05) is 30.3 Å². The molecule has 7 heteroatoms. The topological polar surface area (TPSA) is 53.6 Å². The molecule has 1 amide bonds. The van der Waals surface area contributed by atoms with E-state index in [2.05, 4.69) is 39.8 Å². The number of carbonyl (C=O) groups excluding carboxylic acids is 1. The molecule has 1 atom stereocenters.